The SMILES string of the molecule is CC1CCCC(C(C)/C=C/CO[Si](C)(C)C(C)(C)C)C1=O. The molecule has 1 fully saturated rings. The van der Waals surface area contributed by atoms with E-state index in [0.717, 1.165) is 12.8 Å². The molecule has 0 radical (unpaired) electrons. The second-order valence-corrected chi connectivity index (χ2v) is 13.0. The number of ketones is 1. The second kappa shape index (κ2) is 7.23. The number of hydrogen-bond acceptors (Lipinski definition) is 2. The van der Waals surface area contributed by atoms with Crippen LogP contribution < -0.4 is 0 Å². The number of carbonyl (C=O) groups excluding carboxylic acids is 1. The summed E-state index contributed by atoms with van der Waals surface area (Å²) in [6, 6.07) is 0. The lowest BCUT2D eigenvalue weighted by atomic mass is 9.75. The van der Waals surface area contributed by atoms with E-state index in [1.165, 1.54) is 6.42 Å². The molecule has 1 aliphatic rings. The van der Waals surface area contributed by atoms with Gasteiger partial charge >= 0.3 is 0 Å². The highest BCUT2D eigenvalue weighted by atomic mass is 28.4. The fourth-order valence-corrected chi connectivity index (χ4v) is 3.64. The highest BCUT2D eigenvalue weighted by Gasteiger charge is 2.36. The molecular formula is C18H34O2Si. The molecule has 3 heteroatoms. The van der Waals surface area contributed by atoms with Crippen LogP contribution in [-0.2, 0) is 9.22 Å². The minimum Gasteiger partial charge on any atom is -0.413 e. The summed E-state index contributed by atoms with van der Waals surface area (Å²) in [6.07, 6.45) is 7.62. The molecule has 0 saturated heterocycles. The fourth-order valence-electron chi connectivity index (χ4n) is 2.69. The van der Waals surface area contributed by atoms with Gasteiger partial charge in [-0.15, -0.1) is 0 Å². The maximum absolute atomic E-state index is 12.2. The Labute approximate surface area is 132 Å². The van der Waals surface area contributed by atoms with E-state index in [0.29, 0.717) is 18.3 Å². The topological polar surface area (TPSA) is 26.3 Å². The van der Waals surface area contributed by atoms with Crippen LogP contribution in [0.3, 0.4) is 0 Å². The molecule has 3 unspecified atom stereocenters. The zero-order valence-electron chi connectivity index (χ0n) is 15.0. The lowest BCUT2D eigenvalue weighted by molar-refractivity contribution is -0.129. The quantitative estimate of drug-likeness (QED) is 0.515. The van der Waals surface area contributed by atoms with Crippen LogP contribution in [0.15, 0.2) is 12.2 Å². The maximum atomic E-state index is 12.2. The van der Waals surface area contributed by atoms with Gasteiger partial charge in [-0.05, 0) is 36.9 Å². The molecule has 1 rings (SSSR count). The summed E-state index contributed by atoms with van der Waals surface area (Å²) < 4.78 is 6.15. The van der Waals surface area contributed by atoms with Crippen molar-refractivity contribution in [2.45, 2.75) is 72.0 Å². The highest BCUT2D eigenvalue weighted by molar-refractivity contribution is 6.74. The molecule has 0 aromatic rings. The first-order valence-electron chi connectivity index (χ1n) is 8.40. The molecule has 1 aliphatic carbocycles. The van der Waals surface area contributed by atoms with Crippen molar-refractivity contribution in [3.63, 3.8) is 0 Å². The zero-order chi connectivity index (χ0) is 16.3. The van der Waals surface area contributed by atoms with Crippen LogP contribution in [0.1, 0.15) is 53.9 Å². The molecule has 0 aromatic carbocycles. The predicted octanol–water partition coefficient (Wildman–Crippen LogP) is 5.21. The second-order valence-electron chi connectivity index (χ2n) is 8.20. The summed E-state index contributed by atoms with van der Waals surface area (Å²) in [5.74, 6) is 1.27. The molecular weight excluding hydrogens is 276 g/mol. The zero-order valence-corrected chi connectivity index (χ0v) is 16.0. The van der Waals surface area contributed by atoms with E-state index in [4.69, 9.17) is 4.43 Å². The maximum Gasteiger partial charge on any atom is 0.192 e. The Morgan fingerprint density at radius 2 is 1.95 bits per heavy atom. The number of rotatable bonds is 5. The molecule has 0 aliphatic heterocycles. The van der Waals surface area contributed by atoms with Crippen molar-refractivity contribution in [3.8, 4) is 0 Å². The van der Waals surface area contributed by atoms with E-state index < -0.39 is 8.32 Å². The van der Waals surface area contributed by atoms with Crippen LogP contribution in [0.4, 0.5) is 0 Å². The van der Waals surface area contributed by atoms with Gasteiger partial charge in [-0.1, -0.05) is 53.2 Å². The van der Waals surface area contributed by atoms with E-state index in [9.17, 15) is 4.79 Å². The van der Waals surface area contributed by atoms with Crippen molar-refractivity contribution in [1.82, 2.24) is 0 Å². The Bertz CT molecular complexity index is 379. The summed E-state index contributed by atoms with van der Waals surface area (Å²) in [6.45, 7) is 16.2. The molecule has 0 heterocycles. The Morgan fingerprint density at radius 1 is 1.33 bits per heavy atom. The molecule has 1 saturated carbocycles. The summed E-state index contributed by atoms with van der Waals surface area (Å²) in [4.78, 5) is 12.2. The third kappa shape index (κ3) is 5.06. The van der Waals surface area contributed by atoms with Gasteiger partial charge in [-0.3, -0.25) is 4.79 Å². The predicted molar refractivity (Wildman–Crippen MR) is 93.0 cm³/mol. The van der Waals surface area contributed by atoms with E-state index >= 15 is 0 Å². The van der Waals surface area contributed by atoms with E-state index in [1.807, 2.05) is 0 Å². The molecule has 0 N–H and O–H groups in total. The van der Waals surface area contributed by atoms with Gasteiger partial charge in [0, 0.05) is 11.8 Å². The fraction of sp³-hybridized carbons (Fsp3) is 0.833. The number of allylic oxidation sites excluding steroid dienone is 1. The summed E-state index contributed by atoms with van der Waals surface area (Å²) in [5.41, 5.74) is 0. The van der Waals surface area contributed by atoms with Gasteiger partial charge in [0.15, 0.2) is 8.32 Å². The Morgan fingerprint density at radius 3 is 2.52 bits per heavy atom. The van der Waals surface area contributed by atoms with Gasteiger partial charge in [-0.2, -0.15) is 0 Å². The number of hydrogen-bond donors (Lipinski definition) is 0. The summed E-state index contributed by atoms with van der Waals surface area (Å²) >= 11 is 0. The van der Waals surface area contributed by atoms with Crippen LogP contribution in [0, 0.1) is 17.8 Å². The third-order valence-corrected chi connectivity index (χ3v) is 9.93. The van der Waals surface area contributed by atoms with E-state index in [2.05, 4.69) is 59.9 Å². The average Bonchev–Trinajstić information content (AvgIpc) is 2.36. The van der Waals surface area contributed by atoms with Gasteiger partial charge in [-0.25, -0.2) is 0 Å². The average molecular weight is 311 g/mol. The number of carbonyl (C=O) groups is 1. The summed E-state index contributed by atoms with van der Waals surface area (Å²) in [7, 11) is -1.66. The first-order valence-corrected chi connectivity index (χ1v) is 11.3. The van der Waals surface area contributed by atoms with Crippen LogP contribution in [0.5, 0.6) is 0 Å². The van der Waals surface area contributed by atoms with Gasteiger partial charge in [0.25, 0.3) is 0 Å². The smallest absolute Gasteiger partial charge is 0.192 e. The van der Waals surface area contributed by atoms with Crippen LogP contribution in [-0.4, -0.2) is 20.7 Å². The lowest BCUT2D eigenvalue weighted by Crippen LogP contribution is -2.40. The first kappa shape index (κ1) is 18.6. The molecule has 0 amide bonds. The summed E-state index contributed by atoms with van der Waals surface area (Å²) in [5, 5.41) is 0.251. The van der Waals surface area contributed by atoms with Gasteiger partial charge in [0.2, 0.25) is 0 Å². The minimum atomic E-state index is -1.66. The normalized spacial score (nSPS) is 26.3. The Kier molecular flexibility index (Phi) is 6.42. The van der Waals surface area contributed by atoms with Gasteiger partial charge < -0.3 is 4.43 Å². The van der Waals surface area contributed by atoms with Crippen molar-refractivity contribution < 1.29 is 9.22 Å². The van der Waals surface area contributed by atoms with Crippen molar-refractivity contribution in [2.24, 2.45) is 17.8 Å². The first-order chi connectivity index (χ1) is 9.56. The largest absolute Gasteiger partial charge is 0.413 e. The molecule has 2 nitrogen and oxygen atoms in total. The van der Waals surface area contributed by atoms with Gasteiger partial charge in [0.1, 0.15) is 5.78 Å². The van der Waals surface area contributed by atoms with Crippen LogP contribution >= 0.6 is 0 Å². The molecule has 0 spiro atoms. The standard InChI is InChI=1S/C18H34O2Si/c1-14(16-12-8-10-15(2)17(16)19)11-9-13-20-21(6,7)18(3,4)5/h9,11,14-16H,8,10,12-13H2,1-7H3/b11-9+. The molecule has 122 valence electrons. The van der Waals surface area contributed by atoms with Crippen LogP contribution in [0.25, 0.3) is 0 Å². The van der Waals surface area contributed by atoms with Gasteiger partial charge in [0.05, 0.1) is 6.61 Å². The Balaban J connectivity index is 2.48. The minimum absolute atomic E-state index is 0.220. The molecule has 3 atom stereocenters. The lowest BCUT2D eigenvalue weighted by Gasteiger charge is -2.35. The van der Waals surface area contributed by atoms with Crippen molar-refractivity contribution in [1.29, 1.82) is 0 Å². The van der Waals surface area contributed by atoms with Crippen molar-refractivity contribution in [2.75, 3.05) is 6.61 Å². The van der Waals surface area contributed by atoms with Crippen molar-refractivity contribution in [3.05, 3.63) is 12.2 Å². The van der Waals surface area contributed by atoms with E-state index in [1.54, 1.807) is 0 Å². The molecule has 0 aromatic heterocycles. The number of Topliss-reactive ketones (excluding diaryl/α,β-unsaturated/α-hetero) is 1. The van der Waals surface area contributed by atoms with E-state index in [-0.39, 0.29) is 16.9 Å². The highest BCUT2D eigenvalue weighted by Crippen LogP contribution is 2.36. The monoisotopic (exact) mass is 310 g/mol. The molecule has 0 bridgehead atoms. The third-order valence-electron chi connectivity index (χ3n) is 5.42. The molecule has 21 heavy (non-hydrogen) atoms. The van der Waals surface area contributed by atoms with Crippen molar-refractivity contribution >= 4 is 14.1 Å². The van der Waals surface area contributed by atoms with Crippen LogP contribution in [0.2, 0.25) is 18.1 Å². The Hall–Kier alpha value is -0.413.